The third-order valence-corrected chi connectivity index (χ3v) is 2.31. The third kappa shape index (κ3) is 5.42. The molecule has 1 N–H and O–H groups in total. The van der Waals surface area contributed by atoms with E-state index in [2.05, 4.69) is 10.1 Å². The smallest absolute Gasteiger partial charge is 0.306 e. The van der Waals surface area contributed by atoms with Crippen LogP contribution in [0.1, 0.15) is 26.7 Å². The van der Waals surface area contributed by atoms with E-state index in [4.69, 9.17) is 4.74 Å². The van der Waals surface area contributed by atoms with E-state index >= 15 is 0 Å². The maximum absolute atomic E-state index is 11.7. The minimum atomic E-state index is -0.401. The molecule has 104 valence electrons. The fourth-order valence-electron chi connectivity index (χ4n) is 1.46. The van der Waals surface area contributed by atoms with Crippen molar-refractivity contribution in [1.82, 2.24) is 0 Å². The van der Waals surface area contributed by atoms with Crippen LogP contribution < -0.4 is 10.1 Å². The summed E-state index contributed by atoms with van der Waals surface area (Å²) in [6, 6.07) is 7.19. The first-order chi connectivity index (χ1) is 9.02. The highest BCUT2D eigenvalue weighted by atomic mass is 16.5. The van der Waals surface area contributed by atoms with Gasteiger partial charge in [0.05, 0.1) is 25.3 Å². The summed E-state index contributed by atoms with van der Waals surface area (Å²) in [6.07, 6.45) is 0.172. The number of hydrogen-bond acceptors (Lipinski definition) is 4. The van der Waals surface area contributed by atoms with Gasteiger partial charge in [0.2, 0.25) is 5.91 Å². The van der Waals surface area contributed by atoms with E-state index in [1.54, 1.807) is 12.1 Å². The van der Waals surface area contributed by atoms with E-state index in [1.165, 1.54) is 7.11 Å². The van der Waals surface area contributed by atoms with Gasteiger partial charge in [-0.2, -0.15) is 0 Å². The topological polar surface area (TPSA) is 64.6 Å². The zero-order chi connectivity index (χ0) is 14.3. The van der Waals surface area contributed by atoms with E-state index in [9.17, 15) is 9.59 Å². The maximum atomic E-state index is 11.7. The van der Waals surface area contributed by atoms with Gasteiger partial charge in [0.1, 0.15) is 5.75 Å². The van der Waals surface area contributed by atoms with Gasteiger partial charge in [0, 0.05) is 6.42 Å². The predicted octanol–water partition coefficient (Wildman–Crippen LogP) is 2.37. The summed E-state index contributed by atoms with van der Waals surface area (Å²) in [5, 5.41) is 2.72. The number of amides is 1. The summed E-state index contributed by atoms with van der Waals surface area (Å²) in [7, 11) is 1.30. The number of para-hydroxylation sites is 2. The summed E-state index contributed by atoms with van der Waals surface area (Å²) >= 11 is 0. The zero-order valence-electron chi connectivity index (χ0n) is 11.4. The molecule has 0 fully saturated rings. The Kier molecular flexibility index (Phi) is 5.85. The van der Waals surface area contributed by atoms with Crippen molar-refractivity contribution in [3.63, 3.8) is 0 Å². The number of carbonyl (C=O) groups excluding carboxylic acids is 2. The molecular weight excluding hydrogens is 246 g/mol. The fourth-order valence-corrected chi connectivity index (χ4v) is 1.46. The number of ether oxygens (including phenoxy) is 2. The van der Waals surface area contributed by atoms with Gasteiger partial charge in [0.15, 0.2) is 0 Å². The quantitative estimate of drug-likeness (QED) is 0.802. The van der Waals surface area contributed by atoms with Crippen LogP contribution in [0.2, 0.25) is 0 Å². The van der Waals surface area contributed by atoms with Crippen LogP contribution in [-0.4, -0.2) is 25.1 Å². The maximum Gasteiger partial charge on any atom is 0.306 e. The summed E-state index contributed by atoms with van der Waals surface area (Å²) in [4.78, 5) is 22.7. The van der Waals surface area contributed by atoms with E-state index in [1.807, 2.05) is 26.0 Å². The lowest BCUT2D eigenvalue weighted by molar-refractivity contribution is -0.141. The second-order valence-corrected chi connectivity index (χ2v) is 4.29. The number of benzene rings is 1. The first kappa shape index (κ1) is 15.0. The highest BCUT2D eigenvalue weighted by Gasteiger charge is 2.10. The van der Waals surface area contributed by atoms with E-state index in [-0.39, 0.29) is 24.9 Å². The van der Waals surface area contributed by atoms with Gasteiger partial charge in [-0.15, -0.1) is 0 Å². The van der Waals surface area contributed by atoms with Crippen molar-refractivity contribution >= 4 is 17.6 Å². The van der Waals surface area contributed by atoms with Crippen molar-refractivity contribution in [3.8, 4) is 5.75 Å². The number of esters is 1. The molecule has 5 heteroatoms. The van der Waals surface area contributed by atoms with Crippen molar-refractivity contribution in [2.75, 3.05) is 12.4 Å². The Hall–Kier alpha value is -2.04. The van der Waals surface area contributed by atoms with Crippen LogP contribution in [0.15, 0.2) is 24.3 Å². The number of carbonyl (C=O) groups is 2. The largest absolute Gasteiger partial charge is 0.489 e. The molecule has 0 saturated carbocycles. The monoisotopic (exact) mass is 265 g/mol. The highest BCUT2D eigenvalue weighted by Crippen LogP contribution is 2.24. The summed E-state index contributed by atoms with van der Waals surface area (Å²) in [5.41, 5.74) is 0.603. The summed E-state index contributed by atoms with van der Waals surface area (Å²) < 4.78 is 10.1. The molecule has 1 aromatic rings. The molecule has 1 aromatic carbocycles. The molecule has 5 nitrogen and oxygen atoms in total. The molecule has 0 aromatic heterocycles. The van der Waals surface area contributed by atoms with Crippen LogP contribution in [-0.2, 0) is 14.3 Å². The zero-order valence-corrected chi connectivity index (χ0v) is 11.4. The Morgan fingerprint density at radius 2 is 1.89 bits per heavy atom. The Labute approximate surface area is 112 Å². The molecular formula is C14H19NO4. The highest BCUT2D eigenvalue weighted by molar-refractivity contribution is 5.93. The van der Waals surface area contributed by atoms with Gasteiger partial charge in [-0.1, -0.05) is 12.1 Å². The van der Waals surface area contributed by atoms with Crippen LogP contribution in [0.4, 0.5) is 5.69 Å². The van der Waals surface area contributed by atoms with Crippen LogP contribution in [0.3, 0.4) is 0 Å². The minimum absolute atomic E-state index is 0.0214. The van der Waals surface area contributed by atoms with Crippen LogP contribution in [0, 0.1) is 0 Å². The van der Waals surface area contributed by atoms with Crippen molar-refractivity contribution in [2.24, 2.45) is 0 Å². The molecule has 0 spiro atoms. The second-order valence-electron chi connectivity index (χ2n) is 4.29. The first-order valence-electron chi connectivity index (χ1n) is 6.15. The normalized spacial score (nSPS) is 10.1. The van der Waals surface area contributed by atoms with Gasteiger partial charge in [-0.3, -0.25) is 9.59 Å². The Balaban J connectivity index is 2.61. The lowest BCUT2D eigenvalue weighted by atomic mass is 10.2. The average Bonchev–Trinajstić information content (AvgIpc) is 2.37. The molecule has 0 heterocycles. The molecule has 0 aliphatic heterocycles. The molecule has 0 aliphatic rings. The Morgan fingerprint density at radius 3 is 2.53 bits per heavy atom. The first-order valence-corrected chi connectivity index (χ1v) is 6.15. The lowest BCUT2D eigenvalue weighted by Crippen LogP contribution is -2.15. The SMILES string of the molecule is COC(=O)CCC(=O)Nc1ccccc1OC(C)C. The van der Waals surface area contributed by atoms with Crippen LogP contribution in [0.25, 0.3) is 0 Å². The standard InChI is InChI=1S/C14H19NO4/c1-10(2)19-12-7-5-4-6-11(12)15-13(16)8-9-14(17)18-3/h4-7,10H,8-9H2,1-3H3,(H,15,16). The average molecular weight is 265 g/mol. The molecule has 1 amide bonds. The second kappa shape index (κ2) is 7.41. The van der Waals surface area contributed by atoms with Crippen molar-refractivity contribution in [3.05, 3.63) is 24.3 Å². The Bertz CT molecular complexity index is 443. The predicted molar refractivity (Wildman–Crippen MR) is 72.1 cm³/mol. The minimum Gasteiger partial charge on any atom is -0.489 e. The number of nitrogens with one attached hydrogen (secondary N) is 1. The molecule has 0 saturated heterocycles. The molecule has 0 unspecified atom stereocenters. The van der Waals surface area contributed by atoms with Crippen molar-refractivity contribution < 1.29 is 19.1 Å². The number of rotatable bonds is 6. The third-order valence-electron chi connectivity index (χ3n) is 2.31. The van der Waals surface area contributed by atoms with Crippen molar-refractivity contribution in [1.29, 1.82) is 0 Å². The van der Waals surface area contributed by atoms with Gasteiger partial charge in [-0.05, 0) is 26.0 Å². The lowest BCUT2D eigenvalue weighted by Gasteiger charge is -2.14. The van der Waals surface area contributed by atoms with Crippen LogP contribution >= 0.6 is 0 Å². The van der Waals surface area contributed by atoms with E-state index in [0.29, 0.717) is 11.4 Å². The van der Waals surface area contributed by atoms with E-state index < -0.39 is 5.97 Å². The molecule has 19 heavy (non-hydrogen) atoms. The van der Waals surface area contributed by atoms with E-state index in [0.717, 1.165) is 0 Å². The summed E-state index contributed by atoms with van der Waals surface area (Å²) in [6.45, 7) is 3.83. The van der Waals surface area contributed by atoms with Crippen LogP contribution in [0.5, 0.6) is 5.75 Å². The molecule has 0 aliphatic carbocycles. The van der Waals surface area contributed by atoms with Gasteiger partial charge < -0.3 is 14.8 Å². The summed E-state index contributed by atoms with van der Waals surface area (Å²) in [5.74, 6) is -0.0315. The molecule has 0 bridgehead atoms. The number of hydrogen-bond donors (Lipinski definition) is 1. The van der Waals surface area contributed by atoms with Gasteiger partial charge in [0.25, 0.3) is 0 Å². The van der Waals surface area contributed by atoms with Gasteiger partial charge >= 0.3 is 5.97 Å². The number of anilines is 1. The molecule has 0 atom stereocenters. The fraction of sp³-hybridized carbons (Fsp3) is 0.429. The van der Waals surface area contributed by atoms with Crippen molar-refractivity contribution in [2.45, 2.75) is 32.8 Å². The Morgan fingerprint density at radius 1 is 1.21 bits per heavy atom. The number of methoxy groups -OCH3 is 1. The van der Waals surface area contributed by atoms with Gasteiger partial charge in [-0.25, -0.2) is 0 Å². The molecule has 0 radical (unpaired) electrons. The molecule has 1 rings (SSSR count).